The van der Waals surface area contributed by atoms with Crippen LogP contribution in [-0.4, -0.2) is 36.8 Å². The van der Waals surface area contributed by atoms with Crippen LogP contribution in [0.3, 0.4) is 0 Å². The molecule has 1 aromatic rings. The fraction of sp³-hybridized carbons (Fsp3) is 0.667. The van der Waals surface area contributed by atoms with Gasteiger partial charge >= 0.3 is 0 Å². The molecule has 0 aliphatic carbocycles. The van der Waals surface area contributed by atoms with Crippen molar-refractivity contribution in [1.82, 2.24) is 9.97 Å². The first-order valence-corrected chi connectivity index (χ1v) is 6.05. The molecule has 0 bridgehead atoms. The van der Waals surface area contributed by atoms with Gasteiger partial charge in [-0.3, -0.25) is 0 Å². The summed E-state index contributed by atoms with van der Waals surface area (Å²) < 4.78 is 5.36. The third kappa shape index (κ3) is 2.85. The molecule has 1 aromatic heterocycles. The summed E-state index contributed by atoms with van der Waals surface area (Å²) in [5.74, 6) is 3.20. The number of hydrogen-bond donors (Lipinski definition) is 2. The largest absolute Gasteiger partial charge is 0.381 e. The van der Waals surface area contributed by atoms with Crippen LogP contribution >= 0.6 is 0 Å². The SMILES string of the molecule is CNc1nc(C)nc(NCC2CCOC2)c1C. The molecule has 1 saturated heterocycles. The molecule has 1 aliphatic rings. The molecule has 1 unspecified atom stereocenters. The van der Waals surface area contributed by atoms with E-state index >= 15 is 0 Å². The lowest BCUT2D eigenvalue weighted by molar-refractivity contribution is 0.187. The third-order valence-corrected chi connectivity index (χ3v) is 3.08. The minimum absolute atomic E-state index is 0.600. The zero-order chi connectivity index (χ0) is 12.3. The maximum absolute atomic E-state index is 5.36. The van der Waals surface area contributed by atoms with E-state index in [0.717, 1.165) is 49.2 Å². The van der Waals surface area contributed by atoms with Crippen molar-refractivity contribution in [2.24, 2.45) is 5.92 Å². The van der Waals surface area contributed by atoms with Gasteiger partial charge in [-0.2, -0.15) is 0 Å². The predicted molar refractivity (Wildman–Crippen MR) is 68.5 cm³/mol. The van der Waals surface area contributed by atoms with Gasteiger partial charge in [-0.25, -0.2) is 9.97 Å². The van der Waals surface area contributed by atoms with Crippen molar-refractivity contribution in [2.75, 3.05) is 37.4 Å². The van der Waals surface area contributed by atoms with Gasteiger partial charge in [0.1, 0.15) is 17.5 Å². The van der Waals surface area contributed by atoms with Gasteiger partial charge in [-0.1, -0.05) is 0 Å². The molecule has 0 aromatic carbocycles. The van der Waals surface area contributed by atoms with Crippen LogP contribution in [0.15, 0.2) is 0 Å². The van der Waals surface area contributed by atoms with Crippen LogP contribution in [0.1, 0.15) is 17.8 Å². The Labute approximate surface area is 102 Å². The molecule has 2 heterocycles. The summed E-state index contributed by atoms with van der Waals surface area (Å²) in [7, 11) is 1.88. The van der Waals surface area contributed by atoms with Gasteiger partial charge in [0.05, 0.1) is 6.61 Å². The molecule has 94 valence electrons. The highest BCUT2D eigenvalue weighted by Crippen LogP contribution is 2.20. The normalized spacial score (nSPS) is 19.4. The van der Waals surface area contributed by atoms with Crippen LogP contribution in [0.5, 0.6) is 0 Å². The van der Waals surface area contributed by atoms with Gasteiger partial charge in [-0.15, -0.1) is 0 Å². The molecule has 2 N–H and O–H groups in total. The van der Waals surface area contributed by atoms with Crippen LogP contribution < -0.4 is 10.6 Å². The van der Waals surface area contributed by atoms with Crippen molar-refractivity contribution < 1.29 is 4.74 Å². The monoisotopic (exact) mass is 236 g/mol. The zero-order valence-corrected chi connectivity index (χ0v) is 10.7. The second kappa shape index (κ2) is 5.31. The van der Waals surface area contributed by atoms with E-state index in [1.54, 1.807) is 0 Å². The Balaban J connectivity index is 2.06. The molecule has 2 rings (SSSR count). The van der Waals surface area contributed by atoms with Crippen LogP contribution in [0, 0.1) is 19.8 Å². The van der Waals surface area contributed by atoms with Gasteiger partial charge in [0, 0.05) is 31.7 Å². The molecule has 1 aliphatic heterocycles. The average molecular weight is 236 g/mol. The van der Waals surface area contributed by atoms with Crippen LogP contribution in [0.25, 0.3) is 0 Å². The van der Waals surface area contributed by atoms with Crippen LogP contribution in [0.4, 0.5) is 11.6 Å². The summed E-state index contributed by atoms with van der Waals surface area (Å²) in [4.78, 5) is 8.78. The highest BCUT2D eigenvalue weighted by Gasteiger charge is 2.16. The van der Waals surface area contributed by atoms with E-state index in [-0.39, 0.29) is 0 Å². The Bertz CT molecular complexity index is 388. The summed E-state index contributed by atoms with van der Waals surface area (Å²) in [6.45, 7) is 6.59. The quantitative estimate of drug-likeness (QED) is 0.831. The molecular weight excluding hydrogens is 216 g/mol. The summed E-state index contributed by atoms with van der Waals surface area (Å²) in [5.41, 5.74) is 1.07. The smallest absolute Gasteiger partial charge is 0.134 e. The van der Waals surface area contributed by atoms with Crippen molar-refractivity contribution >= 4 is 11.6 Å². The predicted octanol–water partition coefficient (Wildman–Crippen LogP) is 1.58. The first-order valence-electron chi connectivity index (χ1n) is 6.05. The number of anilines is 2. The summed E-state index contributed by atoms with van der Waals surface area (Å²) >= 11 is 0. The lowest BCUT2D eigenvalue weighted by Crippen LogP contribution is -2.16. The minimum Gasteiger partial charge on any atom is -0.381 e. The molecule has 5 heteroatoms. The third-order valence-electron chi connectivity index (χ3n) is 3.08. The Hall–Kier alpha value is -1.36. The Morgan fingerprint density at radius 3 is 2.71 bits per heavy atom. The van der Waals surface area contributed by atoms with E-state index in [1.807, 2.05) is 20.9 Å². The Morgan fingerprint density at radius 2 is 2.06 bits per heavy atom. The summed E-state index contributed by atoms with van der Waals surface area (Å²) in [6, 6.07) is 0. The number of aromatic nitrogens is 2. The zero-order valence-electron chi connectivity index (χ0n) is 10.7. The molecule has 0 spiro atoms. The second-order valence-corrected chi connectivity index (χ2v) is 4.45. The number of ether oxygens (including phenoxy) is 1. The molecule has 0 saturated carbocycles. The fourth-order valence-electron chi connectivity index (χ4n) is 2.03. The second-order valence-electron chi connectivity index (χ2n) is 4.45. The maximum atomic E-state index is 5.36. The highest BCUT2D eigenvalue weighted by atomic mass is 16.5. The Kier molecular flexibility index (Phi) is 3.78. The molecule has 0 radical (unpaired) electrons. The number of nitrogens with one attached hydrogen (secondary N) is 2. The van der Waals surface area contributed by atoms with Crippen molar-refractivity contribution in [3.63, 3.8) is 0 Å². The van der Waals surface area contributed by atoms with Gasteiger partial charge in [0.25, 0.3) is 0 Å². The molecule has 5 nitrogen and oxygen atoms in total. The van der Waals surface area contributed by atoms with E-state index < -0.39 is 0 Å². The van der Waals surface area contributed by atoms with Gasteiger partial charge in [0.2, 0.25) is 0 Å². The molecule has 17 heavy (non-hydrogen) atoms. The Morgan fingerprint density at radius 1 is 1.29 bits per heavy atom. The number of rotatable bonds is 4. The van der Waals surface area contributed by atoms with E-state index in [4.69, 9.17) is 4.74 Å². The lowest BCUT2D eigenvalue weighted by atomic mass is 10.1. The van der Waals surface area contributed by atoms with Crippen molar-refractivity contribution in [2.45, 2.75) is 20.3 Å². The van der Waals surface area contributed by atoms with Crippen molar-refractivity contribution in [1.29, 1.82) is 0 Å². The van der Waals surface area contributed by atoms with Crippen LogP contribution in [-0.2, 0) is 4.74 Å². The highest BCUT2D eigenvalue weighted by molar-refractivity contribution is 5.56. The number of nitrogens with zero attached hydrogens (tertiary/aromatic N) is 2. The first-order chi connectivity index (χ1) is 8.20. The van der Waals surface area contributed by atoms with Crippen LogP contribution in [0.2, 0.25) is 0 Å². The van der Waals surface area contributed by atoms with E-state index in [9.17, 15) is 0 Å². The topological polar surface area (TPSA) is 59.1 Å². The van der Waals surface area contributed by atoms with E-state index in [1.165, 1.54) is 0 Å². The maximum Gasteiger partial charge on any atom is 0.134 e. The van der Waals surface area contributed by atoms with Gasteiger partial charge in [-0.05, 0) is 20.3 Å². The minimum atomic E-state index is 0.600. The molecule has 0 amide bonds. The van der Waals surface area contributed by atoms with Crippen molar-refractivity contribution in [3.05, 3.63) is 11.4 Å². The standard InChI is InChI=1S/C12H20N4O/c1-8-11(13-3)15-9(2)16-12(8)14-6-10-4-5-17-7-10/h10H,4-7H2,1-3H3,(H2,13,14,15,16). The van der Waals surface area contributed by atoms with E-state index in [0.29, 0.717) is 5.92 Å². The average Bonchev–Trinajstić information content (AvgIpc) is 2.82. The van der Waals surface area contributed by atoms with E-state index in [2.05, 4.69) is 20.6 Å². The number of aryl methyl sites for hydroxylation is 1. The van der Waals surface area contributed by atoms with Gasteiger partial charge < -0.3 is 15.4 Å². The molecule has 1 atom stereocenters. The first kappa shape index (κ1) is 12.1. The lowest BCUT2D eigenvalue weighted by Gasteiger charge is -2.14. The molecule has 1 fully saturated rings. The summed E-state index contributed by atoms with van der Waals surface area (Å²) in [6.07, 6.45) is 1.13. The van der Waals surface area contributed by atoms with Crippen molar-refractivity contribution in [3.8, 4) is 0 Å². The summed E-state index contributed by atoms with van der Waals surface area (Å²) in [5, 5.41) is 6.49. The van der Waals surface area contributed by atoms with Gasteiger partial charge in [0.15, 0.2) is 0 Å². The fourth-order valence-corrected chi connectivity index (χ4v) is 2.03. The number of hydrogen-bond acceptors (Lipinski definition) is 5. The molecular formula is C12H20N4O.